The summed E-state index contributed by atoms with van der Waals surface area (Å²) in [5.74, 6) is 1.06. The molecule has 0 saturated carbocycles. The lowest BCUT2D eigenvalue weighted by atomic mass is 10.1. The molecule has 0 saturated heterocycles. The van der Waals surface area contributed by atoms with Crippen LogP contribution in [0.4, 0.5) is 11.8 Å². The summed E-state index contributed by atoms with van der Waals surface area (Å²) in [4.78, 5) is 34.1. The Hall–Kier alpha value is -3.98. The van der Waals surface area contributed by atoms with Gasteiger partial charge in [-0.2, -0.15) is 9.97 Å². The lowest BCUT2D eigenvalue weighted by Crippen LogP contribution is -2.28. The smallest absolute Gasteiger partial charge is 0.266 e. The number of rotatable bonds is 4. The van der Waals surface area contributed by atoms with E-state index < -0.39 is 6.04 Å². The Balaban J connectivity index is 1.72. The van der Waals surface area contributed by atoms with Gasteiger partial charge in [-0.15, -0.1) is 0 Å². The lowest BCUT2D eigenvalue weighted by Gasteiger charge is -2.21. The van der Waals surface area contributed by atoms with Gasteiger partial charge in [0.25, 0.3) is 5.56 Å². The number of halogens is 1. The van der Waals surface area contributed by atoms with Gasteiger partial charge in [0.2, 0.25) is 5.95 Å². The summed E-state index contributed by atoms with van der Waals surface area (Å²) in [6.07, 6.45) is 1.52. The number of aromatic amines is 1. The number of fused-ring (bicyclic) bond motifs is 2. The van der Waals surface area contributed by atoms with Crippen LogP contribution in [-0.2, 0) is 0 Å². The fourth-order valence-electron chi connectivity index (χ4n) is 3.79. The van der Waals surface area contributed by atoms with E-state index in [1.807, 2.05) is 38.1 Å². The molecule has 10 heteroatoms. The zero-order valence-corrected chi connectivity index (χ0v) is 18.1. The summed E-state index contributed by atoms with van der Waals surface area (Å²) in [5, 5.41) is 4.38. The van der Waals surface area contributed by atoms with Gasteiger partial charge in [0, 0.05) is 5.02 Å². The maximum absolute atomic E-state index is 13.7. The number of hydrogen-bond acceptors (Lipinski definition) is 7. The number of imidazole rings is 1. The number of H-pyrrole nitrogens is 1. The molecule has 0 radical (unpaired) electrons. The summed E-state index contributed by atoms with van der Waals surface area (Å²) in [6, 6.07) is 12.3. The molecule has 0 aliphatic rings. The highest BCUT2D eigenvalue weighted by atomic mass is 35.5. The number of nitrogens with one attached hydrogen (secondary N) is 2. The van der Waals surface area contributed by atoms with Crippen LogP contribution in [0.5, 0.6) is 0 Å². The Bertz CT molecular complexity index is 1540. The molecule has 2 aromatic carbocycles. The number of nitrogens with zero attached hydrogens (tertiary/aromatic N) is 5. The molecule has 5 aromatic rings. The minimum atomic E-state index is -0.424. The summed E-state index contributed by atoms with van der Waals surface area (Å²) < 4.78 is 1.58. The predicted molar refractivity (Wildman–Crippen MR) is 125 cm³/mol. The highest BCUT2D eigenvalue weighted by Gasteiger charge is 2.21. The minimum Gasteiger partial charge on any atom is -0.368 e. The van der Waals surface area contributed by atoms with Crippen molar-refractivity contribution < 1.29 is 0 Å². The number of aryl methyl sites for hydroxylation is 1. The van der Waals surface area contributed by atoms with E-state index >= 15 is 0 Å². The molecule has 1 atom stereocenters. The van der Waals surface area contributed by atoms with E-state index in [2.05, 4.69) is 25.3 Å². The Labute approximate surface area is 187 Å². The number of nitrogens with two attached hydrogens (primary N) is 1. The first-order chi connectivity index (χ1) is 15.4. The van der Waals surface area contributed by atoms with E-state index in [0.29, 0.717) is 44.4 Å². The van der Waals surface area contributed by atoms with E-state index in [9.17, 15) is 4.79 Å². The Kier molecular flexibility index (Phi) is 4.75. The Morgan fingerprint density at radius 2 is 1.97 bits per heavy atom. The standard InChI is InChI=1S/C22H19ClN8O/c1-11-5-3-8-15-16(11)21(32)31(14-7-4-6-13(23)9-14)20(28-15)12(2)27-19-17-18(26-10-25-17)29-22(24)30-19/h3-10,12H,1-2H3,(H4,24,25,26,27,29,30). The second kappa shape index (κ2) is 7.61. The molecule has 4 N–H and O–H groups in total. The van der Waals surface area contributed by atoms with Crippen molar-refractivity contribution in [3.8, 4) is 5.69 Å². The van der Waals surface area contributed by atoms with Gasteiger partial charge < -0.3 is 16.0 Å². The highest BCUT2D eigenvalue weighted by molar-refractivity contribution is 6.30. The maximum Gasteiger partial charge on any atom is 0.266 e. The van der Waals surface area contributed by atoms with Crippen LogP contribution in [0.1, 0.15) is 24.4 Å². The Morgan fingerprint density at radius 1 is 1.16 bits per heavy atom. The molecule has 9 nitrogen and oxygen atoms in total. The van der Waals surface area contributed by atoms with Gasteiger partial charge in [0.15, 0.2) is 11.5 Å². The highest BCUT2D eigenvalue weighted by Crippen LogP contribution is 2.26. The van der Waals surface area contributed by atoms with Crippen LogP contribution in [-0.4, -0.2) is 29.5 Å². The number of benzene rings is 2. The van der Waals surface area contributed by atoms with Crippen LogP contribution in [0.25, 0.3) is 27.8 Å². The molecular weight excluding hydrogens is 428 g/mol. The van der Waals surface area contributed by atoms with Crippen LogP contribution < -0.4 is 16.6 Å². The van der Waals surface area contributed by atoms with E-state index in [1.165, 1.54) is 6.33 Å². The fraction of sp³-hybridized carbons (Fsp3) is 0.136. The number of aromatic nitrogens is 6. The van der Waals surface area contributed by atoms with Crippen molar-refractivity contribution in [1.29, 1.82) is 0 Å². The maximum atomic E-state index is 13.7. The number of hydrogen-bond donors (Lipinski definition) is 3. The average Bonchev–Trinajstić information content (AvgIpc) is 3.22. The second-order valence-electron chi connectivity index (χ2n) is 7.46. The summed E-state index contributed by atoms with van der Waals surface area (Å²) in [6.45, 7) is 3.79. The van der Waals surface area contributed by atoms with Crippen LogP contribution in [0.15, 0.2) is 53.6 Å². The van der Waals surface area contributed by atoms with E-state index in [-0.39, 0.29) is 11.5 Å². The third-order valence-electron chi connectivity index (χ3n) is 5.24. The topological polar surface area (TPSA) is 127 Å². The molecule has 3 heterocycles. The molecule has 0 fully saturated rings. The SMILES string of the molecule is Cc1cccc2nc(C(C)Nc3nc(N)nc4nc[nH]c34)n(-c3cccc(Cl)c3)c(=O)c12. The average molecular weight is 447 g/mol. The lowest BCUT2D eigenvalue weighted by molar-refractivity contribution is 0.731. The van der Waals surface area contributed by atoms with Crippen LogP contribution >= 0.6 is 11.6 Å². The normalized spacial score (nSPS) is 12.3. The molecule has 0 aliphatic carbocycles. The molecule has 32 heavy (non-hydrogen) atoms. The first-order valence-corrected chi connectivity index (χ1v) is 10.3. The fourth-order valence-corrected chi connectivity index (χ4v) is 3.98. The largest absolute Gasteiger partial charge is 0.368 e. The van der Waals surface area contributed by atoms with Crippen LogP contribution in [0, 0.1) is 6.92 Å². The molecule has 5 rings (SSSR count). The van der Waals surface area contributed by atoms with Crippen LogP contribution in [0.3, 0.4) is 0 Å². The summed E-state index contributed by atoms with van der Waals surface area (Å²) >= 11 is 6.24. The Morgan fingerprint density at radius 3 is 2.78 bits per heavy atom. The third-order valence-corrected chi connectivity index (χ3v) is 5.48. The van der Waals surface area contributed by atoms with Crippen molar-refractivity contribution in [2.75, 3.05) is 11.1 Å². The van der Waals surface area contributed by atoms with Crippen LogP contribution in [0.2, 0.25) is 5.02 Å². The van der Waals surface area contributed by atoms with E-state index in [4.69, 9.17) is 22.3 Å². The second-order valence-corrected chi connectivity index (χ2v) is 7.89. The zero-order chi connectivity index (χ0) is 22.4. The molecule has 3 aromatic heterocycles. The quantitative estimate of drug-likeness (QED) is 0.383. The molecule has 0 aliphatic heterocycles. The van der Waals surface area contributed by atoms with E-state index in [0.717, 1.165) is 5.56 Å². The van der Waals surface area contributed by atoms with Gasteiger partial charge in [0.05, 0.1) is 29.0 Å². The zero-order valence-electron chi connectivity index (χ0n) is 17.3. The van der Waals surface area contributed by atoms with E-state index in [1.54, 1.807) is 22.8 Å². The first kappa shape index (κ1) is 20.0. The van der Waals surface area contributed by atoms with Gasteiger partial charge in [-0.3, -0.25) is 9.36 Å². The van der Waals surface area contributed by atoms with Gasteiger partial charge >= 0.3 is 0 Å². The van der Waals surface area contributed by atoms with Crippen molar-refractivity contribution in [2.45, 2.75) is 19.9 Å². The van der Waals surface area contributed by atoms with Gasteiger partial charge in [-0.05, 0) is 43.7 Å². The molecule has 0 spiro atoms. The first-order valence-electron chi connectivity index (χ1n) is 9.93. The third kappa shape index (κ3) is 3.32. The summed E-state index contributed by atoms with van der Waals surface area (Å²) in [7, 11) is 0. The number of anilines is 2. The molecule has 1 unspecified atom stereocenters. The molecular formula is C22H19ClN8O. The van der Waals surface area contributed by atoms with Crippen molar-refractivity contribution in [3.05, 3.63) is 75.6 Å². The molecule has 160 valence electrons. The molecule has 0 amide bonds. The minimum absolute atomic E-state index is 0.0913. The van der Waals surface area contributed by atoms with Gasteiger partial charge in [0.1, 0.15) is 11.3 Å². The number of nitrogen functional groups attached to an aromatic ring is 1. The van der Waals surface area contributed by atoms with Crippen molar-refractivity contribution >= 4 is 45.4 Å². The van der Waals surface area contributed by atoms with Crippen molar-refractivity contribution in [3.63, 3.8) is 0 Å². The monoisotopic (exact) mass is 446 g/mol. The van der Waals surface area contributed by atoms with Gasteiger partial charge in [-0.25, -0.2) is 9.97 Å². The predicted octanol–water partition coefficient (Wildman–Crippen LogP) is 3.77. The van der Waals surface area contributed by atoms with Gasteiger partial charge in [-0.1, -0.05) is 29.8 Å². The van der Waals surface area contributed by atoms with Crippen molar-refractivity contribution in [1.82, 2.24) is 29.5 Å². The van der Waals surface area contributed by atoms with Crippen molar-refractivity contribution in [2.24, 2.45) is 0 Å². The summed E-state index contributed by atoms with van der Waals surface area (Å²) in [5.41, 5.74) is 8.82. The molecule has 0 bridgehead atoms.